The maximum absolute atomic E-state index is 5.87. The van der Waals surface area contributed by atoms with Crippen LogP contribution in [0.15, 0.2) is 11.1 Å². The summed E-state index contributed by atoms with van der Waals surface area (Å²) in [6, 6.07) is 0.665. The van der Waals surface area contributed by atoms with Crippen LogP contribution in [0.5, 0.6) is 0 Å². The Morgan fingerprint density at radius 1 is 1.42 bits per heavy atom. The first-order valence-electron chi connectivity index (χ1n) is 7.79. The van der Waals surface area contributed by atoms with Crippen molar-refractivity contribution in [3.05, 3.63) is 11.1 Å². The summed E-state index contributed by atoms with van der Waals surface area (Å²) in [5.74, 6) is 0.757. The van der Waals surface area contributed by atoms with Crippen LogP contribution in [0.3, 0.4) is 0 Å². The molecule has 110 valence electrons. The number of rotatable bonds is 4. The summed E-state index contributed by atoms with van der Waals surface area (Å²) >= 11 is 5.87. The molecule has 3 heteroatoms. The Kier molecular flexibility index (Phi) is 5.33. The van der Waals surface area contributed by atoms with Gasteiger partial charge in [-0.05, 0) is 37.7 Å². The lowest BCUT2D eigenvalue weighted by molar-refractivity contribution is 0.0777. The highest BCUT2D eigenvalue weighted by Crippen LogP contribution is 2.34. The van der Waals surface area contributed by atoms with Gasteiger partial charge in [0.1, 0.15) is 0 Å². The lowest BCUT2D eigenvalue weighted by Gasteiger charge is -2.47. The van der Waals surface area contributed by atoms with E-state index >= 15 is 0 Å². The molecule has 1 atom stereocenters. The molecule has 1 aliphatic heterocycles. The molecule has 0 aromatic rings. The lowest BCUT2D eigenvalue weighted by Crippen LogP contribution is -2.63. The summed E-state index contributed by atoms with van der Waals surface area (Å²) in [5, 5.41) is 3.88. The molecule has 0 bridgehead atoms. The van der Waals surface area contributed by atoms with E-state index in [0.717, 1.165) is 19.0 Å². The zero-order chi connectivity index (χ0) is 13.9. The van der Waals surface area contributed by atoms with Crippen molar-refractivity contribution in [1.29, 1.82) is 0 Å². The summed E-state index contributed by atoms with van der Waals surface area (Å²) in [6.07, 6.45) is 6.75. The molecule has 1 unspecified atom stereocenters. The minimum Gasteiger partial charge on any atom is -0.308 e. The Labute approximate surface area is 123 Å². The van der Waals surface area contributed by atoms with Crippen molar-refractivity contribution in [2.24, 2.45) is 5.92 Å². The number of halogens is 1. The zero-order valence-electron chi connectivity index (χ0n) is 12.7. The molecule has 2 rings (SSSR count). The summed E-state index contributed by atoms with van der Waals surface area (Å²) in [4.78, 5) is 2.68. The van der Waals surface area contributed by atoms with E-state index < -0.39 is 0 Å². The molecular weight excluding hydrogens is 256 g/mol. The van der Waals surface area contributed by atoms with Gasteiger partial charge in [0.05, 0.1) is 0 Å². The van der Waals surface area contributed by atoms with Crippen molar-refractivity contribution in [1.82, 2.24) is 10.2 Å². The van der Waals surface area contributed by atoms with E-state index in [9.17, 15) is 0 Å². The second-order valence-electron chi connectivity index (χ2n) is 7.01. The molecule has 1 spiro atoms. The predicted octanol–water partition coefficient (Wildman–Crippen LogP) is 3.76. The quantitative estimate of drug-likeness (QED) is 0.846. The van der Waals surface area contributed by atoms with Crippen molar-refractivity contribution in [2.75, 3.05) is 19.6 Å². The predicted molar refractivity (Wildman–Crippen MR) is 83.6 cm³/mol. The van der Waals surface area contributed by atoms with Crippen LogP contribution in [-0.2, 0) is 0 Å². The Morgan fingerprint density at radius 2 is 2.11 bits per heavy atom. The molecule has 2 nitrogen and oxygen atoms in total. The van der Waals surface area contributed by atoms with Crippen molar-refractivity contribution in [2.45, 2.75) is 64.5 Å². The van der Waals surface area contributed by atoms with Gasteiger partial charge in [0.15, 0.2) is 0 Å². The van der Waals surface area contributed by atoms with Crippen LogP contribution < -0.4 is 5.32 Å². The van der Waals surface area contributed by atoms with Crippen LogP contribution in [0.2, 0.25) is 0 Å². The highest BCUT2D eigenvalue weighted by molar-refractivity contribution is 6.25. The first-order chi connectivity index (χ1) is 9.04. The molecule has 0 aromatic heterocycles. The highest BCUT2D eigenvalue weighted by atomic mass is 35.5. The highest BCUT2D eigenvalue weighted by Gasteiger charge is 2.40. The van der Waals surface area contributed by atoms with Crippen molar-refractivity contribution in [3.63, 3.8) is 0 Å². The van der Waals surface area contributed by atoms with E-state index in [1.165, 1.54) is 44.2 Å². The summed E-state index contributed by atoms with van der Waals surface area (Å²) in [5.41, 5.74) is 3.43. The van der Waals surface area contributed by atoms with E-state index in [-0.39, 0.29) is 0 Å². The van der Waals surface area contributed by atoms with Crippen LogP contribution in [0, 0.1) is 5.92 Å². The van der Waals surface area contributed by atoms with Gasteiger partial charge >= 0.3 is 0 Å². The number of piperazine rings is 1. The van der Waals surface area contributed by atoms with E-state index in [0.29, 0.717) is 11.6 Å². The Bertz CT molecular complexity index is 319. The molecule has 2 aliphatic rings. The third kappa shape index (κ3) is 3.96. The maximum Gasteiger partial charge on any atom is 0.0309 e. The second-order valence-corrected chi connectivity index (χ2v) is 7.23. The minimum atomic E-state index is 0.403. The van der Waals surface area contributed by atoms with Crippen LogP contribution in [0.4, 0.5) is 0 Å². The Morgan fingerprint density at radius 3 is 2.68 bits per heavy atom. The smallest absolute Gasteiger partial charge is 0.0309 e. The topological polar surface area (TPSA) is 15.3 Å². The first-order valence-corrected chi connectivity index (χ1v) is 8.23. The molecule has 1 saturated carbocycles. The fourth-order valence-electron chi connectivity index (χ4n) is 3.74. The van der Waals surface area contributed by atoms with Crippen molar-refractivity contribution in [3.8, 4) is 0 Å². The fourth-order valence-corrected chi connectivity index (χ4v) is 3.81. The molecule has 0 aromatic carbocycles. The number of nitrogens with one attached hydrogen (secondary N) is 1. The van der Waals surface area contributed by atoms with E-state index in [2.05, 4.69) is 31.0 Å². The number of hydrogen-bond donors (Lipinski definition) is 1. The van der Waals surface area contributed by atoms with Gasteiger partial charge in [-0.2, -0.15) is 0 Å². The monoisotopic (exact) mass is 284 g/mol. The zero-order valence-corrected chi connectivity index (χ0v) is 13.5. The molecule has 1 heterocycles. The van der Waals surface area contributed by atoms with Crippen molar-refractivity contribution < 1.29 is 0 Å². The fraction of sp³-hybridized carbons (Fsp3) is 0.875. The second kappa shape index (κ2) is 6.60. The molecule has 0 radical (unpaired) electrons. The van der Waals surface area contributed by atoms with Crippen LogP contribution in [0.1, 0.15) is 52.9 Å². The van der Waals surface area contributed by atoms with E-state index in [1.807, 2.05) is 0 Å². The molecule has 1 N–H and O–H groups in total. The van der Waals surface area contributed by atoms with Crippen LogP contribution in [-0.4, -0.2) is 36.1 Å². The van der Waals surface area contributed by atoms with Gasteiger partial charge in [-0.25, -0.2) is 0 Å². The maximum atomic E-state index is 5.87. The van der Waals surface area contributed by atoms with E-state index in [1.54, 1.807) is 5.54 Å². The Hall–Kier alpha value is -0.0500. The molecule has 1 aliphatic carbocycles. The Balaban J connectivity index is 2.04. The van der Waals surface area contributed by atoms with Gasteiger partial charge in [0, 0.05) is 36.8 Å². The standard InChI is InChI=1S/C16H29ClN2/c1-13(2)8-15-10-18-16(6-4-5-7-16)12-19(15)11-14(3)9-17/h9,13,15,18H,4-8,10-12H2,1-3H3. The van der Waals surface area contributed by atoms with Crippen LogP contribution in [0.25, 0.3) is 0 Å². The summed E-state index contributed by atoms with van der Waals surface area (Å²) in [7, 11) is 0. The lowest BCUT2D eigenvalue weighted by atomic mass is 9.89. The average Bonchev–Trinajstić information content (AvgIpc) is 2.81. The van der Waals surface area contributed by atoms with Gasteiger partial charge < -0.3 is 5.32 Å². The molecule has 0 amide bonds. The molecule has 19 heavy (non-hydrogen) atoms. The normalized spacial score (nSPS) is 28.5. The SMILES string of the molecule is CC(=CCl)CN1CC2(CCCC2)NCC1CC(C)C. The van der Waals surface area contributed by atoms with Gasteiger partial charge in [-0.15, -0.1) is 0 Å². The third-order valence-electron chi connectivity index (χ3n) is 4.68. The van der Waals surface area contributed by atoms with Gasteiger partial charge in [0.25, 0.3) is 0 Å². The average molecular weight is 285 g/mol. The summed E-state index contributed by atoms with van der Waals surface area (Å²) in [6.45, 7) is 10.2. The van der Waals surface area contributed by atoms with E-state index in [4.69, 9.17) is 11.6 Å². The first kappa shape index (κ1) is 15.3. The third-order valence-corrected chi connectivity index (χ3v) is 5.05. The van der Waals surface area contributed by atoms with Crippen molar-refractivity contribution >= 4 is 11.6 Å². The minimum absolute atomic E-state index is 0.403. The largest absolute Gasteiger partial charge is 0.308 e. The molecule has 1 saturated heterocycles. The number of hydrogen-bond acceptors (Lipinski definition) is 2. The summed E-state index contributed by atoms with van der Waals surface area (Å²) < 4.78 is 0. The van der Waals surface area contributed by atoms with Gasteiger partial charge in [0.2, 0.25) is 0 Å². The van der Waals surface area contributed by atoms with Gasteiger partial charge in [-0.1, -0.05) is 38.3 Å². The van der Waals surface area contributed by atoms with Gasteiger partial charge in [-0.3, -0.25) is 4.90 Å². The molecular formula is C16H29ClN2. The number of nitrogens with zero attached hydrogens (tertiary/aromatic N) is 1. The van der Waals surface area contributed by atoms with Crippen LogP contribution >= 0.6 is 11.6 Å². The molecule has 2 fully saturated rings.